The number of H-pyrrole nitrogens is 1. The van der Waals surface area contributed by atoms with Crippen molar-refractivity contribution in [2.24, 2.45) is 0 Å². The summed E-state index contributed by atoms with van der Waals surface area (Å²) in [7, 11) is 1.60. The second-order valence-corrected chi connectivity index (χ2v) is 3.04. The molecule has 0 unspecified atom stereocenters. The summed E-state index contributed by atoms with van der Waals surface area (Å²) in [5.41, 5.74) is 0.767. The van der Waals surface area contributed by atoms with E-state index in [1.54, 1.807) is 17.9 Å². The Morgan fingerprint density at radius 2 is 2.29 bits per heavy atom. The maximum absolute atomic E-state index is 11.5. The largest absolute Gasteiger partial charge is 0.494 e. The summed E-state index contributed by atoms with van der Waals surface area (Å²) in [5, 5.41) is 3.43. The number of hydrogen-bond acceptors (Lipinski definition) is 2. The normalized spacial score (nSPS) is 10.7. The first kappa shape index (κ1) is 8.87. The van der Waals surface area contributed by atoms with Crippen LogP contribution >= 0.6 is 0 Å². The van der Waals surface area contributed by atoms with E-state index in [9.17, 15) is 4.79 Å². The molecule has 0 amide bonds. The van der Waals surface area contributed by atoms with Crippen molar-refractivity contribution in [3.8, 4) is 5.75 Å². The van der Waals surface area contributed by atoms with Gasteiger partial charge in [-0.3, -0.25) is 14.6 Å². The number of nitrogens with one attached hydrogen (secondary N) is 1. The van der Waals surface area contributed by atoms with Gasteiger partial charge in [0, 0.05) is 6.54 Å². The quantitative estimate of drug-likeness (QED) is 0.780. The van der Waals surface area contributed by atoms with Crippen LogP contribution in [0.1, 0.15) is 6.92 Å². The van der Waals surface area contributed by atoms with Gasteiger partial charge in [0.15, 0.2) is 0 Å². The molecule has 0 aliphatic carbocycles. The van der Waals surface area contributed by atoms with Crippen molar-refractivity contribution in [3.63, 3.8) is 0 Å². The standard InChI is InChI=1S/C10H12N2O2/c1-3-12-9-7(10(13)11-12)5-4-6-8(9)14-2/h4-6H,3H2,1-2H3,(H,11,13). The second kappa shape index (κ2) is 3.21. The van der Waals surface area contributed by atoms with Crippen molar-refractivity contribution in [2.75, 3.05) is 7.11 Å². The first-order chi connectivity index (χ1) is 6.77. The Morgan fingerprint density at radius 1 is 1.50 bits per heavy atom. The van der Waals surface area contributed by atoms with Gasteiger partial charge in [-0.2, -0.15) is 0 Å². The highest BCUT2D eigenvalue weighted by Crippen LogP contribution is 2.22. The monoisotopic (exact) mass is 192 g/mol. The van der Waals surface area contributed by atoms with Gasteiger partial charge in [0.05, 0.1) is 12.5 Å². The van der Waals surface area contributed by atoms with Crippen LogP contribution in [0.4, 0.5) is 0 Å². The van der Waals surface area contributed by atoms with Gasteiger partial charge in [-0.15, -0.1) is 0 Å². The van der Waals surface area contributed by atoms with Gasteiger partial charge in [0.25, 0.3) is 5.56 Å². The van der Waals surface area contributed by atoms with Gasteiger partial charge in [0.1, 0.15) is 11.3 Å². The van der Waals surface area contributed by atoms with E-state index in [1.165, 1.54) is 0 Å². The van der Waals surface area contributed by atoms with Crippen LogP contribution < -0.4 is 10.3 Å². The first-order valence-corrected chi connectivity index (χ1v) is 4.53. The van der Waals surface area contributed by atoms with Crippen molar-refractivity contribution in [2.45, 2.75) is 13.5 Å². The third-order valence-electron chi connectivity index (χ3n) is 2.29. The molecule has 0 saturated heterocycles. The molecule has 2 rings (SSSR count). The molecule has 1 N–H and O–H groups in total. The molecule has 1 aromatic heterocycles. The molecule has 0 bridgehead atoms. The lowest BCUT2D eigenvalue weighted by Crippen LogP contribution is -2.03. The molecule has 0 spiro atoms. The summed E-state index contributed by atoms with van der Waals surface area (Å²) >= 11 is 0. The highest BCUT2D eigenvalue weighted by molar-refractivity contribution is 5.84. The minimum atomic E-state index is -0.0687. The zero-order chi connectivity index (χ0) is 10.1. The van der Waals surface area contributed by atoms with Crippen LogP contribution in [0.5, 0.6) is 5.75 Å². The molecule has 0 aliphatic heterocycles. The molecule has 0 aliphatic rings. The van der Waals surface area contributed by atoms with Crippen LogP contribution in [0, 0.1) is 0 Å². The SMILES string of the molecule is CCn1[nH]c(=O)c2cccc(OC)c21. The minimum Gasteiger partial charge on any atom is -0.494 e. The Morgan fingerprint density at radius 3 is 2.93 bits per heavy atom. The average molecular weight is 192 g/mol. The van der Waals surface area contributed by atoms with Gasteiger partial charge in [-0.25, -0.2) is 0 Å². The lowest BCUT2D eigenvalue weighted by molar-refractivity contribution is 0.416. The first-order valence-electron chi connectivity index (χ1n) is 4.53. The molecule has 2 aromatic rings. The van der Waals surface area contributed by atoms with Crippen LogP contribution in [0.2, 0.25) is 0 Å². The van der Waals surface area contributed by atoms with Crippen LogP contribution in [0.3, 0.4) is 0 Å². The Balaban J connectivity index is 2.90. The molecule has 14 heavy (non-hydrogen) atoms. The summed E-state index contributed by atoms with van der Waals surface area (Å²) in [6, 6.07) is 5.46. The van der Waals surface area contributed by atoms with E-state index in [0.717, 1.165) is 17.8 Å². The fourth-order valence-corrected chi connectivity index (χ4v) is 1.62. The average Bonchev–Trinajstić information content (AvgIpc) is 2.56. The zero-order valence-electron chi connectivity index (χ0n) is 8.20. The van der Waals surface area contributed by atoms with Crippen LogP contribution in [0.15, 0.2) is 23.0 Å². The highest BCUT2D eigenvalue weighted by Gasteiger charge is 2.09. The van der Waals surface area contributed by atoms with Crippen molar-refractivity contribution in [1.82, 2.24) is 9.78 Å². The molecule has 74 valence electrons. The summed E-state index contributed by atoms with van der Waals surface area (Å²) in [5.74, 6) is 0.725. The topological polar surface area (TPSA) is 47.0 Å². The number of aromatic nitrogens is 2. The molecule has 0 atom stereocenters. The Hall–Kier alpha value is -1.71. The molecule has 0 radical (unpaired) electrons. The molecule has 0 fully saturated rings. The number of fused-ring (bicyclic) bond motifs is 1. The number of methoxy groups -OCH3 is 1. The van der Waals surface area contributed by atoms with Gasteiger partial charge in [-0.05, 0) is 19.1 Å². The maximum Gasteiger partial charge on any atom is 0.272 e. The third-order valence-corrected chi connectivity index (χ3v) is 2.29. The van der Waals surface area contributed by atoms with Gasteiger partial charge < -0.3 is 4.74 Å². The van der Waals surface area contributed by atoms with Crippen molar-refractivity contribution < 1.29 is 4.74 Å². The van der Waals surface area contributed by atoms with E-state index in [2.05, 4.69) is 5.10 Å². The molecular weight excluding hydrogens is 180 g/mol. The minimum absolute atomic E-state index is 0.0687. The molecular formula is C10H12N2O2. The fraction of sp³-hybridized carbons (Fsp3) is 0.300. The fourth-order valence-electron chi connectivity index (χ4n) is 1.62. The number of hydrogen-bond donors (Lipinski definition) is 1. The Bertz CT molecular complexity index is 510. The summed E-state index contributed by atoms with van der Waals surface area (Å²) in [6.45, 7) is 2.70. The van der Waals surface area contributed by atoms with Gasteiger partial charge >= 0.3 is 0 Å². The number of ether oxygens (including phenoxy) is 1. The van der Waals surface area contributed by atoms with E-state index in [0.29, 0.717) is 5.39 Å². The Kier molecular flexibility index (Phi) is 2.04. The predicted molar refractivity (Wildman–Crippen MR) is 54.8 cm³/mol. The Labute approximate surface area is 81.1 Å². The van der Waals surface area contributed by atoms with E-state index in [4.69, 9.17) is 4.74 Å². The molecule has 1 heterocycles. The highest BCUT2D eigenvalue weighted by atomic mass is 16.5. The van der Waals surface area contributed by atoms with E-state index < -0.39 is 0 Å². The predicted octanol–water partition coefficient (Wildman–Crippen LogP) is 1.36. The zero-order valence-corrected chi connectivity index (χ0v) is 8.20. The van der Waals surface area contributed by atoms with E-state index in [-0.39, 0.29) is 5.56 Å². The van der Waals surface area contributed by atoms with Gasteiger partial charge in [0.2, 0.25) is 0 Å². The number of aromatic amines is 1. The molecule has 4 nitrogen and oxygen atoms in total. The van der Waals surface area contributed by atoms with Gasteiger partial charge in [-0.1, -0.05) is 6.07 Å². The van der Waals surface area contributed by atoms with Crippen molar-refractivity contribution in [3.05, 3.63) is 28.6 Å². The van der Waals surface area contributed by atoms with Crippen molar-refractivity contribution in [1.29, 1.82) is 0 Å². The number of para-hydroxylation sites is 1. The maximum atomic E-state index is 11.5. The lowest BCUT2D eigenvalue weighted by atomic mass is 10.2. The van der Waals surface area contributed by atoms with E-state index in [1.807, 2.05) is 19.1 Å². The van der Waals surface area contributed by atoms with Crippen LogP contribution in [-0.4, -0.2) is 16.9 Å². The van der Waals surface area contributed by atoms with Crippen LogP contribution in [0.25, 0.3) is 10.9 Å². The molecule has 4 heteroatoms. The molecule has 1 aromatic carbocycles. The summed E-state index contributed by atoms with van der Waals surface area (Å²) < 4.78 is 6.99. The second-order valence-electron chi connectivity index (χ2n) is 3.04. The van der Waals surface area contributed by atoms with Crippen molar-refractivity contribution >= 4 is 10.9 Å². The van der Waals surface area contributed by atoms with Crippen LogP contribution in [-0.2, 0) is 6.54 Å². The third kappa shape index (κ3) is 1.11. The summed E-state index contributed by atoms with van der Waals surface area (Å²) in [4.78, 5) is 11.5. The number of nitrogens with zero attached hydrogens (tertiary/aromatic N) is 1. The summed E-state index contributed by atoms with van der Waals surface area (Å²) in [6.07, 6.45) is 0. The number of benzene rings is 1. The molecule has 0 saturated carbocycles. The smallest absolute Gasteiger partial charge is 0.272 e. The number of aryl methyl sites for hydroxylation is 1. The lowest BCUT2D eigenvalue weighted by Gasteiger charge is -2.04. The van der Waals surface area contributed by atoms with E-state index >= 15 is 0 Å². The number of rotatable bonds is 2.